The smallest absolute Gasteiger partial charge is 0.367 e. The Balaban J connectivity index is 0.00000220. The molecule has 0 radical (unpaired) electrons. The summed E-state index contributed by atoms with van der Waals surface area (Å²) in [4.78, 5) is 12.0. The molecule has 3 nitrogen and oxygen atoms in total. The van der Waals surface area contributed by atoms with Crippen LogP contribution in [0.1, 0.15) is 5.56 Å². The van der Waals surface area contributed by atoms with Crippen molar-refractivity contribution < 1.29 is 26.4 Å². The highest BCUT2D eigenvalue weighted by atomic mass is 35.5. The number of rotatable bonds is 5. The highest BCUT2D eigenvalue weighted by molar-refractivity contribution is 5.73. The van der Waals surface area contributed by atoms with Crippen LogP contribution in [0.5, 0.6) is 5.75 Å². The second-order valence-corrected chi connectivity index (χ2v) is 5.52. The summed E-state index contributed by atoms with van der Waals surface area (Å²) in [6.45, 7) is 1.13. The number of carbonyl (C=O) groups is 1. The molecule has 0 saturated heterocycles. The summed E-state index contributed by atoms with van der Waals surface area (Å²) in [6, 6.07) is 19.3. The molecule has 2 aromatic rings. The van der Waals surface area contributed by atoms with Gasteiger partial charge in [-0.05, 0) is 12.1 Å². The molecule has 0 aliphatic rings. The van der Waals surface area contributed by atoms with E-state index >= 15 is 0 Å². The van der Waals surface area contributed by atoms with Crippen molar-refractivity contribution in [3.05, 3.63) is 66.2 Å². The zero-order valence-electron chi connectivity index (χ0n) is 12.3. The second-order valence-electron chi connectivity index (χ2n) is 5.52. The van der Waals surface area contributed by atoms with Gasteiger partial charge in [0.25, 0.3) is 0 Å². The normalized spacial score (nSPS) is 10.6. The van der Waals surface area contributed by atoms with E-state index in [1.807, 2.05) is 50.5 Å². The Hall–Kier alpha value is -1.84. The van der Waals surface area contributed by atoms with Crippen LogP contribution in [0.2, 0.25) is 0 Å². The Bertz CT molecular complexity index is 556. The van der Waals surface area contributed by atoms with Crippen molar-refractivity contribution in [1.82, 2.24) is 0 Å². The largest absolute Gasteiger partial charge is 1.00 e. The highest BCUT2D eigenvalue weighted by Gasteiger charge is 2.22. The monoisotopic (exact) mass is 305 g/mol. The van der Waals surface area contributed by atoms with Gasteiger partial charge in [-0.15, -0.1) is 0 Å². The lowest BCUT2D eigenvalue weighted by Gasteiger charge is -2.28. The Morgan fingerprint density at radius 1 is 0.952 bits per heavy atom. The lowest BCUT2D eigenvalue weighted by molar-refractivity contribution is -0.896. The summed E-state index contributed by atoms with van der Waals surface area (Å²) in [6.07, 6.45) is 0. The fraction of sp³-hybridized carbons (Fsp3) is 0.235. The number of esters is 1. The van der Waals surface area contributed by atoms with E-state index in [1.165, 1.54) is 5.56 Å². The van der Waals surface area contributed by atoms with Gasteiger partial charge < -0.3 is 21.6 Å². The molecule has 0 spiro atoms. The Morgan fingerprint density at radius 3 is 2.05 bits per heavy atom. The first kappa shape index (κ1) is 17.2. The minimum absolute atomic E-state index is 0. The fourth-order valence-corrected chi connectivity index (χ4v) is 2.14. The number of benzene rings is 2. The molecule has 0 aliphatic carbocycles. The summed E-state index contributed by atoms with van der Waals surface area (Å²) >= 11 is 0. The van der Waals surface area contributed by atoms with Gasteiger partial charge >= 0.3 is 5.97 Å². The molecule has 4 heteroatoms. The van der Waals surface area contributed by atoms with Crippen molar-refractivity contribution in [3.8, 4) is 5.75 Å². The van der Waals surface area contributed by atoms with E-state index < -0.39 is 0 Å². The van der Waals surface area contributed by atoms with Gasteiger partial charge in [0.15, 0.2) is 6.54 Å². The first-order valence-corrected chi connectivity index (χ1v) is 6.67. The van der Waals surface area contributed by atoms with Crippen LogP contribution in [-0.4, -0.2) is 31.1 Å². The van der Waals surface area contributed by atoms with Crippen molar-refractivity contribution >= 4 is 5.97 Å². The van der Waals surface area contributed by atoms with Crippen LogP contribution >= 0.6 is 0 Å². The Morgan fingerprint density at radius 2 is 1.48 bits per heavy atom. The average molecular weight is 306 g/mol. The molecule has 0 atom stereocenters. The maximum Gasteiger partial charge on any atom is 0.367 e. The molecule has 0 unspecified atom stereocenters. The molecule has 21 heavy (non-hydrogen) atoms. The van der Waals surface area contributed by atoms with Crippen LogP contribution in [0.15, 0.2) is 60.7 Å². The summed E-state index contributed by atoms with van der Waals surface area (Å²) in [5.74, 6) is 0.384. The Kier molecular flexibility index (Phi) is 6.40. The van der Waals surface area contributed by atoms with Gasteiger partial charge in [0, 0.05) is 5.56 Å². The number of halogens is 1. The quantitative estimate of drug-likeness (QED) is 0.437. The van der Waals surface area contributed by atoms with Crippen LogP contribution in [0, 0.1) is 0 Å². The van der Waals surface area contributed by atoms with Gasteiger partial charge in [-0.1, -0.05) is 48.5 Å². The van der Waals surface area contributed by atoms with Crippen molar-refractivity contribution in [3.63, 3.8) is 0 Å². The highest BCUT2D eigenvalue weighted by Crippen LogP contribution is 2.12. The van der Waals surface area contributed by atoms with E-state index in [1.54, 1.807) is 12.1 Å². The predicted octanol–water partition coefficient (Wildman–Crippen LogP) is -0.127. The fourth-order valence-electron chi connectivity index (χ4n) is 2.14. The van der Waals surface area contributed by atoms with Gasteiger partial charge in [-0.2, -0.15) is 0 Å². The number of nitrogens with zero attached hydrogens (tertiary/aromatic N) is 1. The summed E-state index contributed by atoms with van der Waals surface area (Å²) in [7, 11) is 4.05. The number of hydrogen-bond donors (Lipinski definition) is 0. The SMILES string of the molecule is C[N+](C)(CC(=O)Oc1ccccc1)Cc1ccccc1.[Cl-]. The summed E-state index contributed by atoms with van der Waals surface area (Å²) < 4.78 is 5.90. The van der Waals surface area contributed by atoms with Crippen LogP contribution in [-0.2, 0) is 11.3 Å². The van der Waals surface area contributed by atoms with Gasteiger partial charge in [0.2, 0.25) is 0 Å². The molecular formula is C17H20ClNO2. The summed E-state index contributed by atoms with van der Waals surface area (Å²) in [5, 5.41) is 0. The molecule has 112 valence electrons. The minimum atomic E-state index is -0.211. The van der Waals surface area contributed by atoms with Gasteiger partial charge in [-0.25, -0.2) is 4.79 Å². The first-order chi connectivity index (χ1) is 9.55. The number of likely N-dealkylation sites (N-methyl/N-ethyl adjacent to an activating group) is 1. The minimum Gasteiger partial charge on any atom is -1.00 e. The lowest BCUT2D eigenvalue weighted by atomic mass is 10.2. The summed E-state index contributed by atoms with van der Waals surface area (Å²) in [5.41, 5.74) is 1.21. The predicted molar refractivity (Wildman–Crippen MR) is 79.2 cm³/mol. The van der Waals surface area contributed by atoms with Gasteiger partial charge in [-0.3, -0.25) is 0 Å². The average Bonchev–Trinajstić information content (AvgIpc) is 2.39. The van der Waals surface area contributed by atoms with Crippen molar-refractivity contribution in [2.75, 3.05) is 20.6 Å². The van der Waals surface area contributed by atoms with Crippen LogP contribution in [0.4, 0.5) is 0 Å². The first-order valence-electron chi connectivity index (χ1n) is 6.67. The van der Waals surface area contributed by atoms with Crippen LogP contribution in [0.3, 0.4) is 0 Å². The van der Waals surface area contributed by atoms with Crippen molar-refractivity contribution in [2.45, 2.75) is 6.54 Å². The Labute approximate surface area is 132 Å². The maximum atomic E-state index is 12.0. The molecule has 0 saturated carbocycles. The lowest BCUT2D eigenvalue weighted by Crippen LogP contribution is -3.00. The van der Waals surface area contributed by atoms with E-state index in [0.717, 1.165) is 6.54 Å². The third kappa shape index (κ3) is 5.98. The zero-order valence-corrected chi connectivity index (χ0v) is 13.1. The maximum absolute atomic E-state index is 12.0. The molecule has 2 aromatic carbocycles. The zero-order chi connectivity index (χ0) is 14.4. The van der Waals surface area contributed by atoms with Gasteiger partial charge in [0.05, 0.1) is 14.1 Å². The van der Waals surface area contributed by atoms with E-state index in [9.17, 15) is 4.79 Å². The van der Waals surface area contributed by atoms with Crippen molar-refractivity contribution in [2.24, 2.45) is 0 Å². The number of carbonyl (C=O) groups excluding carboxylic acids is 1. The van der Waals surface area contributed by atoms with E-state index in [4.69, 9.17) is 4.74 Å². The molecule has 0 bridgehead atoms. The van der Waals surface area contributed by atoms with Gasteiger partial charge in [0.1, 0.15) is 12.3 Å². The second kappa shape index (κ2) is 7.81. The number of hydrogen-bond acceptors (Lipinski definition) is 2. The van der Waals surface area contributed by atoms with E-state index in [0.29, 0.717) is 16.8 Å². The molecule has 0 amide bonds. The molecular weight excluding hydrogens is 286 g/mol. The molecule has 0 fully saturated rings. The van der Waals surface area contributed by atoms with Crippen molar-refractivity contribution in [1.29, 1.82) is 0 Å². The number of quaternary nitrogens is 1. The molecule has 0 N–H and O–H groups in total. The topological polar surface area (TPSA) is 26.3 Å². The molecule has 0 aromatic heterocycles. The number of para-hydroxylation sites is 1. The standard InChI is InChI=1S/C17H20NO2.ClH/c1-18(2,13-15-9-5-3-6-10-15)14-17(19)20-16-11-7-4-8-12-16;/h3-12H,13-14H2,1-2H3;1H/q+1;/p-1. The van der Waals surface area contributed by atoms with Crippen LogP contribution in [0.25, 0.3) is 0 Å². The number of ether oxygens (including phenoxy) is 1. The van der Waals surface area contributed by atoms with E-state index in [2.05, 4.69) is 12.1 Å². The van der Waals surface area contributed by atoms with Crippen LogP contribution < -0.4 is 17.1 Å². The molecule has 0 heterocycles. The third-order valence-electron chi connectivity index (χ3n) is 2.99. The van der Waals surface area contributed by atoms with E-state index in [-0.39, 0.29) is 18.4 Å². The molecule has 2 rings (SSSR count). The third-order valence-corrected chi connectivity index (χ3v) is 2.99. The molecule has 0 aliphatic heterocycles.